The highest BCUT2D eigenvalue weighted by Crippen LogP contribution is 2.40. The molecule has 5 nitrogen and oxygen atoms in total. The molecule has 1 saturated carbocycles. The zero-order valence-corrected chi connectivity index (χ0v) is 13.8. The maximum Gasteiger partial charge on any atom is 0.391 e. The van der Waals surface area contributed by atoms with Gasteiger partial charge in [0.2, 0.25) is 11.8 Å². The molecule has 1 aliphatic carbocycles. The van der Waals surface area contributed by atoms with Crippen molar-refractivity contribution in [1.29, 1.82) is 0 Å². The van der Waals surface area contributed by atoms with E-state index in [-0.39, 0.29) is 30.6 Å². The molecule has 3 N–H and O–H groups in total. The minimum atomic E-state index is -4.23. The lowest BCUT2D eigenvalue weighted by Gasteiger charge is -2.37. The fourth-order valence-electron chi connectivity index (χ4n) is 3.70. The molecule has 0 aromatic rings. The summed E-state index contributed by atoms with van der Waals surface area (Å²) < 4.78 is 38.8. The summed E-state index contributed by atoms with van der Waals surface area (Å²) in [6.45, 7) is 1.55. The number of piperidine rings is 1. The van der Waals surface area contributed by atoms with Crippen LogP contribution < -0.4 is 11.1 Å². The number of nitrogens with one attached hydrogen (secondary N) is 1. The largest absolute Gasteiger partial charge is 0.391 e. The van der Waals surface area contributed by atoms with E-state index in [0.29, 0.717) is 51.9 Å². The summed E-state index contributed by atoms with van der Waals surface area (Å²) in [6.07, 6.45) is -1.93. The minimum absolute atomic E-state index is 0.109. The van der Waals surface area contributed by atoms with Crippen molar-refractivity contribution in [2.24, 2.45) is 23.5 Å². The fraction of sp³-hybridized carbons (Fsp3) is 0.875. The van der Waals surface area contributed by atoms with Gasteiger partial charge in [0, 0.05) is 32.1 Å². The van der Waals surface area contributed by atoms with Gasteiger partial charge in [-0.3, -0.25) is 9.59 Å². The second kappa shape index (κ2) is 8.18. The average Bonchev–Trinajstić information content (AvgIpc) is 2.58. The number of rotatable bonds is 4. The number of hydrogen-bond acceptors (Lipinski definition) is 3. The number of likely N-dealkylation sites (tertiary alicyclic amines) is 1. The van der Waals surface area contributed by atoms with E-state index in [0.717, 1.165) is 0 Å². The molecule has 8 heteroatoms. The number of nitrogens with zero attached hydrogens (tertiary/aromatic N) is 1. The van der Waals surface area contributed by atoms with Gasteiger partial charge < -0.3 is 16.0 Å². The lowest BCUT2D eigenvalue weighted by atomic mass is 9.80. The van der Waals surface area contributed by atoms with E-state index in [9.17, 15) is 22.8 Å². The Kier molecular flexibility index (Phi) is 6.48. The van der Waals surface area contributed by atoms with Gasteiger partial charge in [-0.1, -0.05) is 6.42 Å². The molecule has 2 rings (SSSR count). The molecule has 0 spiro atoms. The summed E-state index contributed by atoms with van der Waals surface area (Å²) in [5.74, 6) is -2.60. The Bertz CT molecular complexity index is 456. The predicted octanol–water partition coefficient (Wildman–Crippen LogP) is 1.67. The van der Waals surface area contributed by atoms with Crippen LogP contribution in [0.1, 0.15) is 38.5 Å². The first-order valence-electron chi connectivity index (χ1n) is 8.66. The van der Waals surface area contributed by atoms with Crippen molar-refractivity contribution < 1.29 is 22.8 Å². The van der Waals surface area contributed by atoms with Gasteiger partial charge in [-0.25, -0.2) is 0 Å². The van der Waals surface area contributed by atoms with Gasteiger partial charge >= 0.3 is 6.18 Å². The van der Waals surface area contributed by atoms with Crippen LogP contribution in [0.2, 0.25) is 0 Å². The summed E-state index contributed by atoms with van der Waals surface area (Å²) in [6, 6.07) is 0. The van der Waals surface area contributed by atoms with Crippen LogP contribution in [0, 0.1) is 17.8 Å². The summed E-state index contributed by atoms with van der Waals surface area (Å²) in [7, 11) is 0. The summed E-state index contributed by atoms with van der Waals surface area (Å²) in [5, 5.41) is 2.72. The van der Waals surface area contributed by atoms with Crippen molar-refractivity contribution in [2.45, 2.75) is 44.7 Å². The highest BCUT2D eigenvalue weighted by Gasteiger charge is 2.44. The fourth-order valence-corrected chi connectivity index (χ4v) is 3.70. The number of hydrogen-bond donors (Lipinski definition) is 2. The van der Waals surface area contributed by atoms with Crippen molar-refractivity contribution in [3.63, 3.8) is 0 Å². The molecule has 0 aromatic carbocycles. The van der Waals surface area contributed by atoms with Crippen LogP contribution in [0.5, 0.6) is 0 Å². The highest BCUT2D eigenvalue weighted by atomic mass is 19.4. The SMILES string of the molecule is NCCNC(=O)C1CCCN(C(=O)C2CCCC(C(F)(F)F)C2)C1. The van der Waals surface area contributed by atoms with Gasteiger partial charge in [-0.2, -0.15) is 13.2 Å². The molecule has 138 valence electrons. The molecule has 0 bridgehead atoms. The van der Waals surface area contributed by atoms with Crippen LogP contribution in [0.15, 0.2) is 0 Å². The van der Waals surface area contributed by atoms with E-state index in [2.05, 4.69) is 5.32 Å². The van der Waals surface area contributed by atoms with Gasteiger partial charge in [-0.05, 0) is 32.1 Å². The van der Waals surface area contributed by atoms with Crippen LogP contribution in [0.3, 0.4) is 0 Å². The molecule has 3 atom stereocenters. The third-order valence-electron chi connectivity index (χ3n) is 5.03. The first-order chi connectivity index (χ1) is 11.3. The first-order valence-corrected chi connectivity index (χ1v) is 8.66. The Morgan fingerprint density at radius 3 is 2.50 bits per heavy atom. The van der Waals surface area contributed by atoms with Gasteiger partial charge in [0.05, 0.1) is 11.8 Å². The Balaban J connectivity index is 1.92. The van der Waals surface area contributed by atoms with Crippen molar-refractivity contribution in [3.05, 3.63) is 0 Å². The molecule has 1 aliphatic heterocycles. The highest BCUT2D eigenvalue weighted by molar-refractivity contribution is 5.82. The van der Waals surface area contributed by atoms with Crippen molar-refractivity contribution in [3.8, 4) is 0 Å². The molecule has 3 unspecified atom stereocenters. The van der Waals surface area contributed by atoms with Gasteiger partial charge in [0.15, 0.2) is 0 Å². The Hall–Kier alpha value is -1.31. The monoisotopic (exact) mass is 349 g/mol. The van der Waals surface area contributed by atoms with Crippen LogP contribution in [-0.2, 0) is 9.59 Å². The summed E-state index contributed by atoms with van der Waals surface area (Å²) in [4.78, 5) is 26.2. The Morgan fingerprint density at radius 2 is 1.83 bits per heavy atom. The summed E-state index contributed by atoms with van der Waals surface area (Å²) in [5.41, 5.74) is 5.36. The minimum Gasteiger partial charge on any atom is -0.355 e. The van der Waals surface area contributed by atoms with E-state index in [4.69, 9.17) is 5.73 Å². The molecular weight excluding hydrogens is 323 g/mol. The standard InChI is InChI=1S/C16H26F3N3O2/c17-16(18,19)13-5-1-3-11(9-13)15(24)22-8-2-4-12(10-22)14(23)21-7-6-20/h11-13H,1-10,20H2,(H,21,23). The molecule has 2 fully saturated rings. The number of halogens is 3. The van der Waals surface area contributed by atoms with Crippen LogP contribution in [0.4, 0.5) is 13.2 Å². The van der Waals surface area contributed by atoms with Crippen molar-refractivity contribution in [1.82, 2.24) is 10.2 Å². The van der Waals surface area contributed by atoms with E-state index in [1.165, 1.54) is 0 Å². The van der Waals surface area contributed by atoms with E-state index in [1.54, 1.807) is 4.90 Å². The number of carbonyl (C=O) groups is 2. The Labute approximate surface area is 140 Å². The van der Waals surface area contributed by atoms with E-state index in [1.807, 2.05) is 0 Å². The van der Waals surface area contributed by atoms with E-state index >= 15 is 0 Å². The molecular formula is C16H26F3N3O2. The quantitative estimate of drug-likeness (QED) is 0.811. The van der Waals surface area contributed by atoms with Crippen LogP contribution >= 0.6 is 0 Å². The number of nitrogens with two attached hydrogens (primary N) is 1. The smallest absolute Gasteiger partial charge is 0.355 e. The number of amides is 2. The van der Waals surface area contributed by atoms with Crippen LogP contribution in [-0.4, -0.2) is 49.1 Å². The third-order valence-corrected chi connectivity index (χ3v) is 5.03. The molecule has 0 aromatic heterocycles. The zero-order valence-electron chi connectivity index (χ0n) is 13.8. The molecule has 24 heavy (non-hydrogen) atoms. The normalized spacial score (nSPS) is 28.5. The van der Waals surface area contributed by atoms with E-state index < -0.39 is 18.0 Å². The van der Waals surface area contributed by atoms with Crippen molar-refractivity contribution >= 4 is 11.8 Å². The predicted molar refractivity (Wildman–Crippen MR) is 82.9 cm³/mol. The topological polar surface area (TPSA) is 75.4 Å². The van der Waals surface area contributed by atoms with Gasteiger partial charge in [-0.15, -0.1) is 0 Å². The summed E-state index contributed by atoms with van der Waals surface area (Å²) >= 11 is 0. The zero-order chi connectivity index (χ0) is 17.7. The van der Waals surface area contributed by atoms with Crippen molar-refractivity contribution in [2.75, 3.05) is 26.2 Å². The number of carbonyl (C=O) groups excluding carboxylic acids is 2. The Morgan fingerprint density at radius 1 is 1.12 bits per heavy atom. The molecule has 1 saturated heterocycles. The maximum atomic E-state index is 12.9. The molecule has 1 heterocycles. The third kappa shape index (κ3) is 4.84. The van der Waals surface area contributed by atoms with Gasteiger partial charge in [0.1, 0.15) is 0 Å². The molecule has 2 aliphatic rings. The van der Waals surface area contributed by atoms with Crippen LogP contribution in [0.25, 0.3) is 0 Å². The second-order valence-corrected chi connectivity index (χ2v) is 6.81. The van der Waals surface area contributed by atoms with Gasteiger partial charge in [0.25, 0.3) is 0 Å². The maximum absolute atomic E-state index is 12.9. The first kappa shape index (κ1) is 19.0. The average molecular weight is 349 g/mol. The molecule has 2 amide bonds. The lowest BCUT2D eigenvalue weighted by molar-refractivity contribution is -0.187. The number of alkyl halides is 3. The second-order valence-electron chi connectivity index (χ2n) is 6.81. The molecule has 0 radical (unpaired) electrons. The lowest BCUT2D eigenvalue weighted by Crippen LogP contribution is -2.48.